The molecule has 0 aromatic heterocycles. The van der Waals surface area contributed by atoms with E-state index < -0.39 is 0 Å². The lowest BCUT2D eigenvalue weighted by molar-refractivity contribution is -0.0546. The van der Waals surface area contributed by atoms with Crippen LogP contribution in [0.4, 0.5) is 0 Å². The Bertz CT molecular complexity index is 225. The number of hydrogen-bond acceptors (Lipinski definition) is 2. The molecule has 0 N–H and O–H groups in total. The van der Waals surface area contributed by atoms with Crippen LogP contribution in [0.2, 0.25) is 0 Å². The van der Waals surface area contributed by atoms with Crippen molar-refractivity contribution >= 4 is 0 Å². The van der Waals surface area contributed by atoms with Crippen molar-refractivity contribution in [2.24, 2.45) is 0 Å². The molecule has 2 fully saturated rings. The smallest absolute Gasteiger partial charge is 0.0250 e. The monoisotopic (exact) mass is 210 g/mol. The van der Waals surface area contributed by atoms with Gasteiger partial charge in [0, 0.05) is 29.7 Å². The van der Waals surface area contributed by atoms with Crippen LogP contribution in [-0.4, -0.2) is 46.6 Å². The van der Waals surface area contributed by atoms with Gasteiger partial charge >= 0.3 is 0 Å². The zero-order chi connectivity index (χ0) is 11.4. The first-order chi connectivity index (χ1) is 6.84. The van der Waals surface area contributed by atoms with E-state index in [2.05, 4.69) is 51.5 Å². The van der Waals surface area contributed by atoms with Crippen LogP contribution in [0.1, 0.15) is 47.5 Å². The topological polar surface area (TPSA) is 6.48 Å². The number of hydrogen-bond donors (Lipinski definition) is 0. The fraction of sp³-hybridized carbons (Fsp3) is 1.00. The molecule has 2 heterocycles. The van der Waals surface area contributed by atoms with Crippen molar-refractivity contribution in [1.82, 2.24) is 9.80 Å². The van der Waals surface area contributed by atoms with E-state index in [1.165, 1.54) is 12.8 Å². The van der Waals surface area contributed by atoms with Crippen LogP contribution >= 0.6 is 0 Å². The summed E-state index contributed by atoms with van der Waals surface area (Å²) in [6.07, 6.45) is 2.78. The first-order valence-corrected chi connectivity index (χ1v) is 6.34. The summed E-state index contributed by atoms with van der Waals surface area (Å²) in [5.74, 6) is 0. The molecule has 2 saturated heterocycles. The minimum Gasteiger partial charge on any atom is -0.297 e. The first-order valence-electron chi connectivity index (χ1n) is 6.34. The summed E-state index contributed by atoms with van der Waals surface area (Å²) >= 11 is 0. The summed E-state index contributed by atoms with van der Waals surface area (Å²) in [6.45, 7) is 11.9. The van der Waals surface area contributed by atoms with E-state index in [0.29, 0.717) is 17.6 Å². The van der Waals surface area contributed by atoms with Crippen molar-refractivity contribution in [2.75, 3.05) is 7.05 Å². The highest BCUT2D eigenvalue weighted by atomic mass is 15.4. The number of likely N-dealkylation sites (tertiary alicyclic amines) is 1. The molecule has 2 aliphatic heterocycles. The Hall–Kier alpha value is -0.0800. The minimum absolute atomic E-state index is 0.306. The zero-order valence-corrected chi connectivity index (χ0v) is 11.1. The lowest BCUT2D eigenvalue weighted by atomic mass is 9.92. The standard InChI is InChI=1S/C13H26N2/c1-9-11-7-8-12(14(11)6)10(2)15(9)13(3,4)5/h9-12H,7-8H2,1-6H3/t9-,10-,11?,12?/m0/s1. The van der Waals surface area contributed by atoms with Gasteiger partial charge in [-0.15, -0.1) is 0 Å². The summed E-state index contributed by atoms with van der Waals surface area (Å²) in [7, 11) is 2.31. The second-order valence-electron chi connectivity index (χ2n) is 6.44. The van der Waals surface area contributed by atoms with Gasteiger partial charge in [0.15, 0.2) is 0 Å². The fourth-order valence-electron chi connectivity index (χ4n) is 4.12. The average molecular weight is 210 g/mol. The number of piperazine rings is 1. The normalized spacial score (nSPS) is 43.6. The predicted molar refractivity (Wildman–Crippen MR) is 65.1 cm³/mol. The van der Waals surface area contributed by atoms with Crippen molar-refractivity contribution in [2.45, 2.75) is 77.2 Å². The van der Waals surface area contributed by atoms with Crippen molar-refractivity contribution in [1.29, 1.82) is 0 Å². The molecular formula is C13H26N2. The van der Waals surface area contributed by atoms with Crippen LogP contribution in [0.3, 0.4) is 0 Å². The Morgan fingerprint density at radius 1 is 0.933 bits per heavy atom. The van der Waals surface area contributed by atoms with E-state index >= 15 is 0 Å². The molecule has 0 aromatic rings. The maximum atomic E-state index is 2.73. The van der Waals surface area contributed by atoms with Crippen molar-refractivity contribution < 1.29 is 0 Å². The van der Waals surface area contributed by atoms with Crippen LogP contribution in [0.25, 0.3) is 0 Å². The second-order valence-corrected chi connectivity index (χ2v) is 6.44. The van der Waals surface area contributed by atoms with Crippen molar-refractivity contribution in [3.63, 3.8) is 0 Å². The van der Waals surface area contributed by atoms with Gasteiger partial charge in [0.05, 0.1) is 0 Å². The number of nitrogens with zero attached hydrogens (tertiary/aromatic N) is 2. The van der Waals surface area contributed by atoms with E-state index in [-0.39, 0.29) is 0 Å². The first kappa shape index (κ1) is 11.4. The highest BCUT2D eigenvalue weighted by Crippen LogP contribution is 2.39. The Morgan fingerprint density at radius 2 is 1.33 bits per heavy atom. The Labute approximate surface area is 94.6 Å². The molecule has 88 valence electrons. The predicted octanol–water partition coefficient (Wildman–Crippen LogP) is 2.34. The largest absolute Gasteiger partial charge is 0.297 e. The van der Waals surface area contributed by atoms with Gasteiger partial charge in [-0.05, 0) is 54.5 Å². The molecule has 2 nitrogen and oxygen atoms in total. The molecule has 0 aliphatic carbocycles. The van der Waals surface area contributed by atoms with Crippen LogP contribution in [0.15, 0.2) is 0 Å². The van der Waals surface area contributed by atoms with Crippen molar-refractivity contribution in [3.8, 4) is 0 Å². The lowest BCUT2D eigenvalue weighted by Crippen LogP contribution is -2.66. The summed E-state index contributed by atoms with van der Waals surface area (Å²) in [6, 6.07) is 2.96. The van der Waals surface area contributed by atoms with E-state index in [4.69, 9.17) is 0 Å². The van der Waals surface area contributed by atoms with Gasteiger partial charge in [0.2, 0.25) is 0 Å². The van der Waals surface area contributed by atoms with E-state index in [9.17, 15) is 0 Å². The molecule has 2 aliphatic rings. The molecule has 0 spiro atoms. The molecule has 0 amide bonds. The summed E-state index contributed by atoms with van der Waals surface area (Å²) in [5, 5.41) is 0. The van der Waals surface area contributed by atoms with E-state index in [0.717, 1.165) is 12.1 Å². The molecule has 4 atom stereocenters. The Kier molecular flexibility index (Phi) is 2.63. The third-order valence-electron chi connectivity index (χ3n) is 4.57. The molecule has 2 heteroatoms. The number of fused-ring (bicyclic) bond motifs is 2. The van der Waals surface area contributed by atoms with Crippen LogP contribution < -0.4 is 0 Å². The third kappa shape index (κ3) is 1.62. The van der Waals surface area contributed by atoms with Crippen LogP contribution in [0.5, 0.6) is 0 Å². The van der Waals surface area contributed by atoms with Crippen LogP contribution in [0, 0.1) is 0 Å². The Balaban J connectivity index is 2.28. The summed E-state index contributed by atoms with van der Waals surface area (Å²) in [4.78, 5) is 5.35. The molecule has 2 unspecified atom stereocenters. The van der Waals surface area contributed by atoms with Gasteiger partial charge in [-0.25, -0.2) is 0 Å². The molecule has 0 aromatic carbocycles. The summed E-state index contributed by atoms with van der Waals surface area (Å²) < 4.78 is 0. The summed E-state index contributed by atoms with van der Waals surface area (Å²) in [5.41, 5.74) is 0.306. The molecular weight excluding hydrogens is 184 g/mol. The fourth-order valence-corrected chi connectivity index (χ4v) is 4.12. The number of rotatable bonds is 0. The van der Waals surface area contributed by atoms with E-state index in [1.807, 2.05) is 0 Å². The lowest BCUT2D eigenvalue weighted by Gasteiger charge is -2.54. The van der Waals surface area contributed by atoms with Gasteiger partial charge in [-0.2, -0.15) is 0 Å². The quantitative estimate of drug-likeness (QED) is 0.605. The second kappa shape index (κ2) is 3.46. The molecule has 15 heavy (non-hydrogen) atoms. The number of likely N-dealkylation sites (N-methyl/N-ethyl adjacent to an activating group) is 1. The highest BCUT2D eigenvalue weighted by molar-refractivity contribution is 5.05. The minimum atomic E-state index is 0.306. The van der Waals surface area contributed by atoms with E-state index in [1.54, 1.807) is 0 Å². The van der Waals surface area contributed by atoms with Gasteiger partial charge in [0.25, 0.3) is 0 Å². The molecule has 2 bridgehead atoms. The van der Waals surface area contributed by atoms with Crippen LogP contribution in [-0.2, 0) is 0 Å². The highest BCUT2D eigenvalue weighted by Gasteiger charge is 2.49. The molecule has 0 radical (unpaired) electrons. The average Bonchev–Trinajstić information content (AvgIpc) is 2.36. The molecule has 0 saturated carbocycles. The maximum Gasteiger partial charge on any atom is 0.0250 e. The van der Waals surface area contributed by atoms with Gasteiger partial charge in [0.1, 0.15) is 0 Å². The zero-order valence-electron chi connectivity index (χ0n) is 11.1. The van der Waals surface area contributed by atoms with Crippen molar-refractivity contribution in [3.05, 3.63) is 0 Å². The van der Waals surface area contributed by atoms with Gasteiger partial charge in [-0.1, -0.05) is 0 Å². The Morgan fingerprint density at radius 3 is 1.67 bits per heavy atom. The maximum absolute atomic E-state index is 2.73. The SMILES string of the molecule is C[C@H]1C2CCC([C@H](C)N1C(C)(C)C)N2C. The molecule has 2 rings (SSSR count). The van der Waals surface area contributed by atoms with Gasteiger partial charge in [-0.3, -0.25) is 9.80 Å². The van der Waals surface area contributed by atoms with Gasteiger partial charge < -0.3 is 0 Å². The third-order valence-corrected chi connectivity index (χ3v) is 4.57.